The van der Waals surface area contributed by atoms with Crippen LogP contribution in [0.1, 0.15) is 26.2 Å². The van der Waals surface area contributed by atoms with Gasteiger partial charge in [-0.2, -0.15) is 0 Å². The molecule has 3 unspecified atom stereocenters. The van der Waals surface area contributed by atoms with Crippen LogP contribution in [0.4, 0.5) is 0 Å². The molecule has 0 aromatic heterocycles. The zero-order valence-corrected chi connectivity index (χ0v) is 8.98. The van der Waals surface area contributed by atoms with E-state index in [1.807, 2.05) is 0 Å². The predicted octanol–water partition coefficient (Wildman–Crippen LogP) is 0.868. The molecule has 1 N–H and O–H groups in total. The number of ether oxygens (including phenoxy) is 1. The summed E-state index contributed by atoms with van der Waals surface area (Å²) in [4.78, 5) is 2.43. The Morgan fingerprint density at radius 1 is 1.36 bits per heavy atom. The monoisotopic (exact) mass is 199 g/mol. The molecule has 3 atom stereocenters. The van der Waals surface area contributed by atoms with Crippen LogP contribution in [-0.4, -0.2) is 48.5 Å². The molecular weight excluding hydrogens is 178 g/mol. The minimum atomic E-state index is -0.0969. The minimum Gasteiger partial charge on any atom is -0.391 e. The molecule has 1 aliphatic carbocycles. The fourth-order valence-corrected chi connectivity index (χ4v) is 2.66. The van der Waals surface area contributed by atoms with Crippen LogP contribution in [0.5, 0.6) is 0 Å². The van der Waals surface area contributed by atoms with Crippen molar-refractivity contribution in [3.8, 4) is 0 Å². The molecule has 0 amide bonds. The average Bonchev–Trinajstić information content (AvgIpc) is 2.45. The van der Waals surface area contributed by atoms with E-state index in [0.717, 1.165) is 39.1 Å². The van der Waals surface area contributed by atoms with Crippen LogP contribution in [0.2, 0.25) is 0 Å². The SMILES string of the molecule is CC1COCCN(C2CCCC2O)C1. The summed E-state index contributed by atoms with van der Waals surface area (Å²) in [5.74, 6) is 0.602. The van der Waals surface area contributed by atoms with Gasteiger partial charge in [0, 0.05) is 19.1 Å². The molecule has 0 radical (unpaired) electrons. The van der Waals surface area contributed by atoms with Gasteiger partial charge >= 0.3 is 0 Å². The number of rotatable bonds is 1. The molecule has 1 heterocycles. The van der Waals surface area contributed by atoms with E-state index in [9.17, 15) is 5.11 Å². The van der Waals surface area contributed by atoms with Gasteiger partial charge in [0.05, 0.1) is 19.3 Å². The largest absolute Gasteiger partial charge is 0.391 e. The van der Waals surface area contributed by atoms with Crippen LogP contribution < -0.4 is 0 Å². The second-order valence-electron chi connectivity index (χ2n) is 4.74. The van der Waals surface area contributed by atoms with E-state index < -0.39 is 0 Å². The van der Waals surface area contributed by atoms with E-state index in [-0.39, 0.29) is 6.10 Å². The highest BCUT2D eigenvalue weighted by Gasteiger charge is 2.31. The van der Waals surface area contributed by atoms with E-state index in [2.05, 4.69) is 11.8 Å². The van der Waals surface area contributed by atoms with E-state index in [1.54, 1.807) is 0 Å². The third-order valence-corrected chi connectivity index (χ3v) is 3.38. The van der Waals surface area contributed by atoms with E-state index in [1.165, 1.54) is 6.42 Å². The van der Waals surface area contributed by atoms with Crippen molar-refractivity contribution >= 4 is 0 Å². The van der Waals surface area contributed by atoms with Crippen molar-refractivity contribution in [1.82, 2.24) is 4.90 Å². The quantitative estimate of drug-likeness (QED) is 0.680. The maximum atomic E-state index is 9.84. The van der Waals surface area contributed by atoms with Gasteiger partial charge in [-0.25, -0.2) is 0 Å². The first-order valence-electron chi connectivity index (χ1n) is 5.77. The molecule has 0 spiro atoms. The van der Waals surface area contributed by atoms with Crippen LogP contribution in [0.3, 0.4) is 0 Å². The van der Waals surface area contributed by atoms with Gasteiger partial charge in [0.25, 0.3) is 0 Å². The molecule has 1 saturated heterocycles. The molecule has 82 valence electrons. The highest BCUT2D eigenvalue weighted by molar-refractivity contribution is 4.86. The van der Waals surface area contributed by atoms with Gasteiger partial charge in [-0.1, -0.05) is 6.92 Å². The fraction of sp³-hybridized carbons (Fsp3) is 1.00. The Bertz CT molecular complexity index is 186. The molecular formula is C11H21NO2. The van der Waals surface area contributed by atoms with E-state index in [4.69, 9.17) is 4.74 Å². The summed E-state index contributed by atoms with van der Waals surface area (Å²) < 4.78 is 5.51. The molecule has 2 fully saturated rings. The Balaban J connectivity index is 1.94. The van der Waals surface area contributed by atoms with Crippen LogP contribution in [0, 0.1) is 5.92 Å². The topological polar surface area (TPSA) is 32.7 Å². The minimum absolute atomic E-state index is 0.0969. The van der Waals surface area contributed by atoms with Gasteiger partial charge < -0.3 is 9.84 Å². The van der Waals surface area contributed by atoms with Crippen molar-refractivity contribution in [3.63, 3.8) is 0 Å². The Hall–Kier alpha value is -0.120. The summed E-state index contributed by atoms with van der Waals surface area (Å²) in [6, 6.07) is 0.402. The lowest BCUT2D eigenvalue weighted by Gasteiger charge is -2.30. The predicted molar refractivity (Wildman–Crippen MR) is 55.2 cm³/mol. The zero-order valence-electron chi connectivity index (χ0n) is 8.98. The molecule has 1 saturated carbocycles. The summed E-state index contributed by atoms with van der Waals surface area (Å²) in [5, 5.41) is 9.84. The molecule has 3 heteroatoms. The molecule has 14 heavy (non-hydrogen) atoms. The first-order chi connectivity index (χ1) is 6.77. The number of aliphatic hydroxyl groups is 1. The highest BCUT2D eigenvalue weighted by atomic mass is 16.5. The maximum absolute atomic E-state index is 9.84. The number of hydrogen-bond acceptors (Lipinski definition) is 3. The Labute approximate surface area is 86.0 Å². The maximum Gasteiger partial charge on any atom is 0.0695 e. The number of hydrogen-bond donors (Lipinski definition) is 1. The van der Waals surface area contributed by atoms with Crippen molar-refractivity contribution < 1.29 is 9.84 Å². The molecule has 2 rings (SSSR count). The highest BCUT2D eigenvalue weighted by Crippen LogP contribution is 2.25. The lowest BCUT2D eigenvalue weighted by atomic mass is 10.1. The fourth-order valence-electron chi connectivity index (χ4n) is 2.66. The third kappa shape index (κ3) is 2.27. The number of nitrogens with zero attached hydrogens (tertiary/aromatic N) is 1. The van der Waals surface area contributed by atoms with Gasteiger partial charge in [0.2, 0.25) is 0 Å². The zero-order chi connectivity index (χ0) is 9.97. The first-order valence-corrected chi connectivity index (χ1v) is 5.77. The molecule has 2 aliphatic rings. The smallest absolute Gasteiger partial charge is 0.0695 e. The second-order valence-corrected chi connectivity index (χ2v) is 4.74. The van der Waals surface area contributed by atoms with E-state index >= 15 is 0 Å². The van der Waals surface area contributed by atoms with Crippen molar-refractivity contribution in [1.29, 1.82) is 0 Å². The average molecular weight is 199 g/mol. The van der Waals surface area contributed by atoms with Crippen LogP contribution in [0.25, 0.3) is 0 Å². The van der Waals surface area contributed by atoms with E-state index in [0.29, 0.717) is 12.0 Å². The summed E-state index contributed by atoms with van der Waals surface area (Å²) >= 11 is 0. The van der Waals surface area contributed by atoms with Gasteiger partial charge in [0.15, 0.2) is 0 Å². The van der Waals surface area contributed by atoms with Crippen LogP contribution >= 0.6 is 0 Å². The van der Waals surface area contributed by atoms with Crippen molar-refractivity contribution in [2.45, 2.75) is 38.3 Å². The molecule has 1 aliphatic heterocycles. The first kappa shape index (κ1) is 10.4. The molecule has 0 aromatic rings. The summed E-state index contributed by atoms with van der Waals surface area (Å²) in [5.41, 5.74) is 0. The van der Waals surface area contributed by atoms with Gasteiger partial charge in [-0.3, -0.25) is 4.90 Å². The second kappa shape index (κ2) is 4.60. The lowest BCUT2D eigenvalue weighted by molar-refractivity contribution is 0.0649. The van der Waals surface area contributed by atoms with Crippen molar-refractivity contribution in [3.05, 3.63) is 0 Å². The Morgan fingerprint density at radius 3 is 2.93 bits per heavy atom. The lowest BCUT2D eigenvalue weighted by Crippen LogP contribution is -2.43. The van der Waals surface area contributed by atoms with Gasteiger partial charge in [-0.15, -0.1) is 0 Å². The Kier molecular flexibility index (Phi) is 3.42. The standard InChI is InChI=1S/C11H21NO2/c1-9-7-12(5-6-14-8-9)10-3-2-4-11(10)13/h9-11,13H,2-8H2,1H3. The summed E-state index contributed by atoms with van der Waals surface area (Å²) in [6.07, 6.45) is 3.22. The molecule has 0 aromatic carbocycles. The third-order valence-electron chi connectivity index (χ3n) is 3.38. The summed E-state index contributed by atoms with van der Waals surface area (Å²) in [6.45, 7) is 6.00. The van der Waals surface area contributed by atoms with Crippen LogP contribution in [-0.2, 0) is 4.74 Å². The molecule has 0 bridgehead atoms. The van der Waals surface area contributed by atoms with Crippen molar-refractivity contribution in [2.24, 2.45) is 5.92 Å². The van der Waals surface area contributed by atoms with Gasteiger partial charge in [-0.05, 0) is 25.2 Å². The van der Waals surface area contributed by atoms with Crippen molar-refractivity contribution in [2.75, 3.05) is 26.3 Å². The van der Waals surface area contributed by atoms with Crippen LogP contribution in [0.15, 0.2) is 0 Å². The van der Waals surface area contributed by atoms with Gasteiger partial charge in [0.1, 0.15) is 0 Å². The number of aliphatic hydroxyl groups excluding tert-OH is 1. The summed E-state index contributed by atoms with van der Waals surface area (Å²) in [7, 11) is 0. The Morgan fingerprint density at radius 2 is 2.21 bits per heavy atom. The molecule has 3 nitrogen and oxygen atoms in total. The normalized spacial score (nSPS) is 41.1.